The minimum atomic E-state index is -0.117. The molecule has 1 amide bonds. The summed E-state index contributed by atoms with van der Waals surface area (Å²) in [5, 5.41) is 0. The van der Waals surface area contributed by atoms with Crippen molar-refractivity contribution >= 4 is 5.91 Å². The van der Waals surface area contributed by atoms with E-state index in [0.717, 1.165) is 23.3 Å². The third kappa shape index (κ3) is 4.59. The van der Waals surface area contributed by atoms with Crippen molar-refractivity contribution in [3.8, 4) is 28.6 Å². The predicted molar refractivity (Wildman–Crippen MR) is 122 cm³/mol. The molecule has 3 aromatic rings. The molecule has 0 bridgehead atoms. The molecule has 1 aromatic heterocycles. The quantitative estimate of drug-likeness (QED) is 0.511. The number of furan rings is 1. The Morgan fingerprint density at radius 1 is 1.00 bits per heavy atom. The van der Waals surface area contributed by atoms with Crippen molar-refractivity contribution in [1.29, 1.82) is 0 Å². The summed E-state index contributed by atoms with van der Waals surface area (Å²) in [6, 6.07) is 15.3. The van der Waals surface area contributed by atoms with Gasteiger partial charge in [-0.05, 0) is 72.0 Å². The molecule has 168 valence electrons. The Morgan fingerprint density at radius 3 is 2.34 bits per heavy atom. The van der Waals surface area contributed by atoms with Crippen LogP contribution in [-0.2, 0) is 13.0 Å². The average Bonchev–Trinajstić information content (AvgIpc) is 3.31. The molecule has 6 nitrogen and oxygen atoms in total. The van der Waals surface area contributed by atoms with Gasteiger partial charge in [0, 0.05) is 18.7 Å². The maximum Gasteiger partial charge on any atom is 0.289 e. The molecule has 4 rings (SSSR count). The van der Waals surface area contributed by atoms with Gasteiger partial charge in [-0.3, -0.25) is 4.79 Å². The number of amides is 1. The molecule has 0 aliphatic carbocycles. The summed E-state index contributed by atoms with van der Waals surface area (Å²) in [6.07, 6.45) is 0.757. The van der Waals surface area contributed by atoms with Crippen molar-refractivity contribution in [3.63, 3.8) is 0 Å². The molecule has 1 aliphatic heterocycles. The van der Waals surface area contributed by atoms with Crippen molar-refractivity contribution in [2.24, 2.45) is 5.92 Å². The van der Waals surface area contributed by atoms with Crippen molar-refractivity contribution < 1.29 is 23.4 Å². The number of carbonyl (C=O) groups is 1. The lowest BCUT2D eigenvalue weighted by Gasteiger charge is -2.29. The molecule has 0 N–H and O–H groups in total. The summed E-state index contributed by atoms with van der Waals surface area (Å²) in [7, 11) is 3.24. The number of carbonyl (C=O) groups excluding carboxylic acids is 1. The minimum absolute atomic E-state index is 0.117. The second-order valence-corrected chi connectivity index (χ2v) is 8.35. The van der Waals surface area contributed by atoms with E-state index in [4.69, 9.17) is 18.6 Å². The molecule has 2 heterocycles. The Morgan fingerprint density at radius 2 is 1.69 bits per heavy atom. The minimum Gasteiger partial charge on any atom is -0.493 e. The smallest absolute Gasteiger partial charge is 0.289 e. The molecule has 0 saturated heterocycles. The number of methoxy groups -OCH3 is 2. The third-order valence-electron chi connectivity index (χ3n) is 5.54. The van der Waals surface area contributed by atoms with E-state index in [-0.39, 0.29) is 5.91 Å². The fourth-order valence-electron chi connectivity index (χ4n) is 3.80. The van der Waals surface area contributed by atoms with E-state index in [2.05, 4.69) is 13.8 Å². The Labute approximate surface area is 188 Å². The van der Waals surface area contributed by atoms with Gasteiger partial charge in [0.25, 0.3) is 5.91 Å². The van der Waals surface area contributed by atoms with E-state index in [0.29, 0.717) is 48.6 Å². The van der Waals surface area contributed by atoms with Crippen LogP contribution in [0.2, 0.25) is 0 Å². The predicted octanol–water partition coefficient (Wildman–Crippen LogP) is 5.20. The zero-order valence-corrected chi connectivity index (χ0v) is 19.0. The van der Waals surface area contributed by atoms with Crippen molar-refractivity contribution in [2.45, 2.75) is 26.8 Å². The zero-order chi connectivity index (χ0) is 22.7. The molecule has 0 unspecified atom stereocenters. The number of benzene rings is 2. The lowest BCUT2D eigenvalue weighted by molar-refractivity contribution is 0.0703. The van der Waals surface area contributed by atoms with Gasteiger partial charge in [0.05, 0.1) is 20.8 Å². The first kappa shape index (κ1) is 21.8. The van der Waals surface area contributed by atoms with Crippen LogP contribution in [-0.4, -0.2) is 38.2 Å². The van der Waals surface area contributed by atoms with Gasteiger partial charge >= 0.3 is 0 Å². The van der Waals surface area contributed by atoms with Crippen LogP contribution in [0.1, 0.15) is 35.5 Å². The van der Waals surface area contributed by atoms with E-state index in [1.165, 1.54) is 5.56 Å². The molecule has 0 radical (unpaired) electrons. The maximum atomic E-state index is 13.1. The van der Waals surface area contributed by atoms with Crippen LogP contribution in [0.3, 0.4) is 0 Å². The second-order valence-electron chi connectivity index (χ2n) is 8.35. The number of ether oxygens (including phenoxy) is 3. The monoisotopic (exact) mass is 435 g/mol. The number of rotatable bonds is 7. The molecule has 6 heteroatoms. The molecule has 0 atom stereocenters. The molecule has 0 saturated carbocycles. The normalized spacial score (nSPS) is 13.1. The standard InChI is InChI=1S/C26H29NO5/c1-17(2)16-31-21-7-5-18(6-8-21)22-9-10-23(32-22)26(28)27-12-11-19-13-24(29-3)25(30-4)14-20(19)15-27/h5-10,13-14,17H,11-12,15-16H2,1-4H3. The lowest BCUT2D eigenvalue weighted by Crippen LogP contribution is -2.35. The van der Waals surface area contributed by atoms with Crippen molar-refractivity contribution in [1.82, 2.24) is 4.90 Å². The van der Waals surface area contributed by atoms with Gasteiger partial charge in [-0.1, -0.05) is 13.8 Å². The average molecular weight is 436 g/mol. The van der Waals surface area contributed by atoms with E-state index < -0.39 is 0 Å². The molecule has 32 heavy (non-hydrogen) atoms. The highest BCUT2D eigenvalue weighted by atomic mass is 16.5. The SMILES string of the molecule is COc1cc2c(cc1OC)CN(C(=O)c1ccc(-c3ccc(OCC(C)C)cc3)o1)CC2. The molecule has 2 aromatic carbocycles. The first-order valence-electron chi connectivity index (χ1n) is 10.8. The third-order valence-corrected chi connectivity index (χ3v) is 5.54. The fraction of sp³-hybridized carbons (Fsp3) is 0.346. The molecule has 1 aliphatic rings. The molecule has 0 spiro atoms. The van der Waals surface area contributed by atoms with Crippen LogP contribution in [0.5, 0.6) is 17.2 Å². The summed E-state index contributed by atoms with van der Waals surface area (Å²) in [5.74, 6) is 3.55. The molecular weight excluding hydrogens is 406 g/mol. The summed E-state index contributed by atoms with van der Waals surface area (Å²) in [6.45, 7) is 6.04. The van der Waals surface area contributed by atoms with Gasteiger partial charge in [0.1, 0.15) is 11.5 Å². The van der Waals surface area contributed by atoms with Gasteiger partial charge in [-0.25, -0.2) is 0 Å². The van der Waals surface area contributed by atoms with Crippen LogP contribution in [0.25, 0.3) is 11.3 Å². The Balaban J connectivity index is 1.46. The Hall–Kier alpha value is -3.41. The second kappa shape index (κ2) is 9.39. The summed E-state index contributed by atoms with van der Waals surface area (Å²) < 4.78 is 22.5. The Kier molecular flexibility index (Phi) is 6.40. The number of fused-ring (bicyclic) bond motifs is 1. The van der Waals surface area contributed by atoms with E-state index in [9.17, 15) is 4.79 Å². The highest BCUT2D eigenvalue weighted by molar-refractivity contribution is 5.92. The van der Waals surface area contributed by atoms with Gasteiger partial charge in [-0.15, -0.1) is 0 Å². The summed E-state index contributed by atoms with van der Waals surface area (Å²) >= 11 is 0. The lowest BCUT2D eigenvalue weighted by atomic mass is 9.98. The van der Waals surface area contributed by atoms with Gasteiger partial charge in [0.15, 0.2) is 17.3 Å². The van der Waals surface area contributed by atoms with Crippen LogP contribution in [0.15, 0.2) is 52.9 Å². The first-order valence-corrected chi connectivity index (χ1v) is 10.8. The largest absolute Gasteiger partial charge is 0.493 e. The van der Waals surface area contributed by atoms with Gasteiger partial charge < -0.3 is 23.5 Å². The van der Waals surface area contributed by atoms with Crippen LogP contribution in [0, 0.1) is 5.92 Å². The first-order chi connectivity index (χ1) is 15.5. The molecular formula is C26H29NO5. The van der Waals surface area contributed by atoms with E-state index in [1.54, 1.807) is 25.2 Å². The number of hydrogen-bond acceptors (Lipinski definition) is 5. The highest BCUT2D eigenvalue weighted by Crippen LogP contribution is 2.34. The van der Waals surface area contributed by atoms with E-state index >= 15 is 0 Å². The van der Waals surface area contributed by atoms with Gasteiger partial charge in [0.2, 0.25) is 0 Å². The highest BCUT2D eigenvalue weighted by Gasteiger charge is 2.25. The van der Waals surface area contributed by atoms with Crippen LogP contribution in [0.4, 0.5) is 0 Å². The maximum absolute atomic E-state index is 13.1. The number of hydrogen-bond donors (Lipinski definition) is 0. The summed E-state index contributed by atoms with van der Waals surface area (Å²) in [4.78, 5) is 14.9. The van der Waals surface area contributed by atoms with Crippen molar-refractivity contribution in [3.05, 3.63) is 65.4 Å². The summed E-state index contributed by atoms with van der Waals surface area (Å²) in [5.41, 5.74) is 3.14. The van der Waals surface area contributed by atoms with E-state index in [1.807, 2.05) is 42.5 Å². The van der Waals surface area contributed by atoms with Gasteiger partial charge in [-0.2, -0.15) is 0 Å². The molecule has 0 fully saturated rings. The fourth-order valence-corrected chi connectivity index (χ4v) is 3.80. The van der Waals surface area contributed by atoms with Crippen LogP contribution >= 0.6 is 0 Å². The van der Waals surface area contributed by atoms with Crippen molar-refractivity contribution in [2.75, 3.05) is 27.4 Å². The topological polar surface area (TPSA) is 61.1 Å². The zero-order valence-electron chi connectivity index (χ0n) is 19.0. The Bertz CT molecular complexity index is 1080. The van der Waals surface area contributed by atoms with Crippen LogP contribution < -0.4 is 14.2 Å². The number of nitrogens with zero attached hydrogens (tertiary/aromatic N) is 1.